The van der Waals surface area contributed by atoms with Crippen LogP contribution in [-0.4, -0.2) is 14.7 Å². The summed E-state index contributed by atoms with van der Waals surface area (Å²) in [4.78, 5) is 4.15. The number of halogens is 1. The molecule has 96 valence electrons. The van der Waals surface area contributed by atoms with E-state index in [0.29, 0.717) is 0 Å². The molecule has 3 nitrogen and oxygen atoms in total. The number of nitrogens with zero attached hydrogens (tertiary/aromatic N) is 2. The predicted octanol–water partition coefficient (Wildman–Crippen LogP) is 3.22. The first-order valence-electron chi connectivity index (χ1n) is 6.10. The van der Waals surface area contributed by atoms with Crippen molar-refractivity contribution in [2.45, 2.75) is 32.4 Å². The highest BCUT2D eigenvalue weighted by atomic mass is 35.5. The molecule has 0 amide bonds. The number of hydrogen-bond donors (Lipinski definition) is 1. The van der Waals surface area contributed by atoms with E-state index in [9.17, 15) is 5.11 Å². The van der Waals surface area contributed by atoms with E-state index in [-0.39, 0.29) is 0 Å². The molecule has 0 saturated carbocycles. The number of hydrogen-bond acceptors (Lipinski definition) is 2. The lowest BCUT2D eigenvalue weighted by Gasteiger charge is -2.09. The van der Waals surface area contributed by atoms with E-state index in [2.05, 4.69) is 4.98 Å². The molecule has 1 N–H and O–H groups in total. The first-order chi connectivity index (χ1) is 8.66. The molecule has 1 aromatic carbocycles. The average Bonchev–Trinajstić information content (AvgIpc) is 2.80. The maximum atomic E-state index is 9.54. The molecule has 1 atom stereocenters. The van der Waals surface area contributed by atoms with Gasteiger partial charge in [0.05, 0.1) is 0 Å². The second-order valence-electron chi connectivity index (χ2n) is 4.38. The Morgan fingerprint density at radius 1 is 1.33 bits per heavy atom. The lowest BCUT2D eigenvalue weighted by atomic mass is 10.1. The summed E-state index contributed by atoms with van der Waals surface area (Å²) in [6.45, 7) is 2.60. The molecule has 2 aromatic rings. The van der Waals surface area contributed by atoms with Gasteiger partial charge in [0.1, 0.15) is 11.9 Å². The molecule has 18 heavy (non-hydrogen) atoms. The number of rotatable bonds is 5. The lowest BCUT2D eigenvalue weighted by Crippen LogP contribution is -2.07. The molecule has 0 aliphatic heterocycles. The van der Waals surface area contributed by atoms with Crippen LogP contribution in [0.25, 0.3) is 0 Å². The zero-order chi connectivity index (χ0) is 13.0. The van der Waals surface area contributed by atoms with Gasteiger partial charge >= 0.3 is 0 Å². The molecule has 2 rings (SSSR count). The summed E-state index contributed by atoms with van der Waals surface area (Å²) in [6, 6.07) is 7.92. The van der Waals surface area contributed by atoms with E-state index >= 15 is 0 Å². The molecular formula is C14H17ClN2O. The number of imidazole rings is 1. The van der Waals surface area contributed by atoms with E-state index in [1.54, 1.807) is 13.1 Å². The number of aromatic nitrogens is 2. The highest BCUT2D eigenvalue weighted by Gasteiger charge is 2.07. The molecule has 1 aromatic heterocycles. The number of aryl methyl sites for hydroxylation is 2. The van der Waals surface area contributed by atoms with Crippen molar-refractivity contribution >= 4 is 11.6 Å². The Balaban J connectivity index is 1.88. The summed E-state index contributed by atoms with van der Waals surface area (Å²) in [5.74, 6) is 0.728. The van der Waals surface area contributed by atoms with Gasteiger partial charge < -0.3 is 9.67 Å². The Labute approximate surface area is 112 Å². The number of benzene rings is 1. The van der Waals surface area contributed by atoms with Crippen LogP contribution in [0.2, 0.25) is 5.02 Å². The third kappa shape index (κ3) is 3.34. The normalized spacial score (nSPS) is 12.6. The van der Waals surface area contributed by atoms with Gasteiger partial charge in [0, 0.05) is 24.0 Å². The van der Waals surface area contributed by atoms with E-state index in [4.69, 9.17) is 11.6 Å². The Hall–Kier alpha value is -1.32. The van der Waals surface area contributed by atoms with Crippen molar-refractivity contribution in [1.82, 2.24) is 9.55 Å². The van der Waals surface area contributed by atoms with Gasteiger partial charge in [-0.05, 0) is 37.5 Å². The van der Waals surface area contributed by atoms with Crippen LogP contribution in [0, 0.1) is 0 Å². The largest absolute Gasteiger partial charge is 0.385 e. The lowest BCUT2D eigenvalue weighted by molar-refractivity contribution is 0.183. The molecule has 0 bridgehead atoms. The van der Waals surface area contributed by atoms with Gasteiger partial charge in [-0.2, -0.15) is 0 Å². The van der Waals surface area contributed by atoms with E-state index in [1.807, 2.05) is 35.0 Å². The van der Waals surface area contributed by atoms with Crippen LogP contribution in [0.3, 0.4) is 0 Å². The topological polar surface area (TPSA) is 38.1 Å². The minimum Gasteiger partial charge on any atom is -0.385 e. The van der Waals surface area contributed by atoms with E-state index in [1.165, 1.54) is 5.56 Å². The first kappa shape index (κ1) is 13.1. The van der Waals surface area contributed by atoms with Gasteiger partial charge in [0.25, 0.3) is 0 Å². The van der Waals surface area contributed by atoms with Crippen molar-refractivity contribution < 1.29 is 5.11 Å². The zero-order valence-electron chi connectivity index (χ0n) is 10.4. The Morgan fingerprint density at radius 3 is 2.72 bits per heavy atom. The molecule has 0 saturated heterocycles. The van der Waals surface area contributed by atoms with Crippen LogP contribution in [0.15, 0.2) is 36.7 Å². The summed E-state index contributed by atoms with van der Waals surface area (Å²) in [5.41, 5.74) is 1.28. The quantitative estimate of drug-likeness (QED) is 0.900. The molecule has 0 radical (unpaired) electrons. The highest BCUT2D eigenvalue weighted by Crippen LogP contribution is 2.13. The SMILES string of the molecule is CC(O)c1nccn1CCCc1ccc(Cl)cc1. The third-order valence-corrected chi connectivity index (χ3v) is 3.15. The summed E-state index contributed by atoms with van der Waals surface area (Å²) in [7, 11) is 0. The predicted molar refractivity (Wildman–Crippen MR) is 72.6 cm³/mol. The summed E-state index contributed by atoms with van der Waals surface area (Å²) < 4.78 is 2.00. The molecule has 4 heteroatoms. The minimum absolute atomic E-state index is 0.518. The fourth-order valence-corrected chi connectivity index (χ4v) is 2.11. The molecule has 1 heterocycles. The Morgan fingerprint density at radius 2 is 2.06 bits per heavy atom. The molecule has 0 aliphatic carbocycles. The van der Waals surface area contributed by atoms with Crippen molar-refractivity contribution in [2.24, 2.45) is 0 Å². The van der Waals surface area contributed by atoms with E-state index in [0.717, 1.165) is 30.2 Å². The van der Waals surface area contributed by atoms with Crippen molar-refractivity contribution in [2.75, 3.05) is 0 Å². The minimum atomic E-state index is -0.518. The first-order valence-corrected chi connectivity index (χ1v) is 6.48. The van der Waals surface area contributed by atoms with Gasteiger partial charge in [-0.3, -0.25) is 0 Å². The summed E-state index contributed by atoms with van der Waals surface area (Å²) in [5, 5.41) is 10.3. The fourth-order valence-electron chi connectivity index (χ4n) is 1.98. The standard InChI is InChI=1S/C14H17ClN2O/c1-11(18)14-16-8-10-17(14)9-2-3-12-4-6-13(15)7-5-12/h4-8,10-11,18H,2-3,9H2,1H3. The number of aliphatic hydroxyl groups excluding tert-OH is 1. The van der Waals surface area contributed by atoms with E-state index < -0.39 is 6.10 Å². The van der Waals surface area contributed by atoms with Crippen molar-refractivity contribution in [1.29, 1.82) is 0 Å². The second kappa shape index (κ2) is 6.03. The van der Waals surface area contributed by atoms with Gasteiger partial charge in [0.15, 0.2) is 0 Å². The van der Waals surface area contributed by atoms with Crippen LogP contribution in [-0.2, 0) is 13.0 Å². The van der Waals surface area contributed by atoms with Crippen molar-refractivity contribution in [3.8, 4) is 0 Å². The molecular weight excluding hydrogens is 248 g/mol. The number of aliphatic hydroxyl groups is 1. The molecule has 1 unspecified atom stereocenters. The second-order valence-corrected chi connectivity index (χ2v) is 4.82. The van der Waals surface area contributed by atoms with Crippen LogP contribution >= 0.6 is 11.6 Å². The zero-order valence-corrected chi connectivity index (χ0v) is 11.1. The fraction of sp³-hybridized carbons (Fsp3) is 0.357. The summed E-state index contributed by atoms with van der Waals surface area (Å²) >= 11 is 5.84. The Kier molecular flexibility index (Phi) is 4.39. The van der Waals surface area contributed by atoms with Gasteiger partial charge in [-0.15, -0.1) is 0 Å². The van der Waals surface area contributed by atoms with Crippen molar-refractivity contribution in [3.63, 3.8) is 0 Å². The van der Waals surface area contributed by atoms with Gasteiger partial charge in [-0.1, -0.05) is 23.7 Å². The monoisotopic (exact) mass is 264 g/mol. The van der Waals surface area contributed by atoms with Crippen LogP contribution in [0.1, 0.15) is 30.8 Å². The van der Waals surface area contributed by atoms with Gasteiger partial charge in [-0.25, -0.2) is 4.98 Å². The maximum Gasteiger partial charge on any atom is 0.137 e. The van der Waals surface area contributed by atoms with Gasteiger partial charge in [0.2, 0.25) is 0 Å². The third-order valence-electron chi connectivity index (χ3n) is 2.90. The average molecular weight is 265 g/mol. The molecule has 0 spiro atoms. The van der Waals surface area contributed by atoms with Crippen LogP contribution in [0.5, 0.6) is 0 Å². The summed E-state index contributed by atoms with van der Waals surface area (Å²) in [6.07, 6.45) is 5.12. The van der Waals surface area contributed by atoms with Crippen LogP contribution < -0.4 is 0 Å². The maximum absolute atomic E-state index is 9.54. The van der Waals surface area contributed by atoms with Crippen molar-refractivity contribution in [3.05, 3.63) is 53.1 Å². The highest BCUT2D eigenvalue weighted by molar-refractivity contribution is 6.30. The molecule has 0 fully saturated rings. The Bertz CT molecular complexity index is 491. The van der Waals surface area contributed by atoms with Crippen LogP contribution in [0.4, 0.5) is 0 Å². The smallest absolute Gasteiger partial charge is 0.137 e. The molecule has 0 aliphatic rings.